The highest BCUT2D eigenvalue weighted by Gasteiger charge is 2.15. The Labute approximate surface area is 120 Å². The Morgan fingerprint density at radius 2 is 1.90 bits per heavy atom. The van der Waals surface area contributed by atoms with Gasteiger partial charge in [-0.25, -0.2) is 0 Å². The number of nitrogens with two attached hydrogens (primary N) is 1. The van der Waals surface area contributed by atoms with Crippen molar-refractivity contribution in [1.29, 1.82) is 0 Å². The second-order valence-corrected chi connectivity index (χ2v) is 5.40. The summed E-state index contributed by atoms with van der Waals surface area (Å²) in [5, 5.41) is 3.17. The number of rotatable bonds is 4. The molecule has 0 aliphatic heterocycles. The highest BCUT2D eigenvalue weighted by atomic mass is 32.1. The Bertz CT molecular complexity index is 647. The van der Waals surface area contributed by atoms with Gasteiger partial charge >= 0.3 is 0 Å². The fourth-order valence-corrected chi connectivity index (χ4v) is 2.62. The Kier molecular flexibility index (Phi) is 4.05. The Balaban J connectivity index is 2.20. The average Bonchev–Trinajstić information content (AvgIpc) is 2.80. The SMILES string of the molecule is COc1ccc(C(=O)Nc2sc(C)cc2C(N)=O)cc1. The van der Waals surface area contributed by atoms with Crippen LogP contribution in [-0.2, 0) is 0 Å². The van der Waals surface area contributed by atoms with E-state index in [-0.39, 0.29) is 5.91 Å². The standard InChI is InChI=1S/C14H14N2O3S/c1-8-7-11(12(15)17)14(20-8)16-13(18)9-3-5-10(19-2)6-4-9/h3-7H,1-2H3,(H2,15,17)(H,16,18). The van der Waals surface area contributed by atoms with Crippen LogP contribution in [0.15, 0.2) is 30.3 Å². The first kappa shape index (κ1) is 14.1. The summed E-state index contributed by atoms with van der Waals surface area (Å²) in [4.78, 5) is 24.3. The number of ether oxygens (including phenoxy) is 1. The summed E-state index contributed by atoms with van der Waals surface area (Å²) < 4.78 is 5.03. The van der Waals surface area contributed by atoms with Gasteiger partial charge in [0.05, 0.1) is 12.7 Å². The molecule has 0 aliphatic rings. The van der Waals surface area contributed by atoms with Gasteiger partial charge in [0, 0.05) is 10.4 Å². The van der Waals surface area contributed by atoms with E-state index in [9.17, 15) is 9.59 Å². The predicted octanol–water partition coefficient (Wildman–Crippen LogP) is 2.42. The minimum atomic E-state index is -0.556. The molecule has 0 saturated carbocycles. The Morgan fingerprint density at radius 3 is 2.45 bits per heavy atom. The number of methoxy groups -OCH3 is 1. The molecule has 1 heterocycles. The summed E-state index contributed by atoms with van der Waals surface area (Å²) in [5.74, 6) is -0.178. The maximum Gasteiger partial charge on any atom is 0.256 e. The van der Waals surface area contributed by atoms with E-state index >= 15 is 0 Å². The Morgan fingerprint density at radius 1 is 1.25 bits per heavy atom. The topological polar surface area (TPSA) is 81.4 Å². The van der Waals surface area contributed by atoms with Crippen molar-refractivity contribution in [3.8, 4) is 5.75 Å². The molecule has 6 heteroatoms. The average molecular weight is 290 g/mol. The van der Waals surface area contributed by atoms with Crippen LogP contribution in [0.5, 0.6) is 5.75 Å². The fourth-order valence-electron chi connectivity index (χ4n) is 1.71. The van der Waals surface area contributed by atoms with Gasteiger partial charge in [-0.15, -0.1) is 11.3 Å². The lowest BCUT2D eigenvalue weighted by Gasteiger charge is -2.05. The summed E-state index contributed by atoms with van der Waals surface area (Å²) in [7, 11) is 1.56. The number of benzene rings is 1. The van der Waals surface area contributed by atoms with Crippen LogP contribution in [0.25, 0.3) is 0 Å². The van der Waals surface area contributed by atoms with Crippen LogP contribution in [0.3, 0.4) is 0 Å². The van der Waals surface area contributed by atoms with E-state index in [0.717, 1.165) is 4.88 Å². The number of hydrogen-bond donors (Lipinski definition) is 2. The van der Waals surface area contributed by atoms with E-state index in [1.54, 1.807) is 37.4 Å². The van der Waals surface area contributed by atoms with Crippen LogP contribution in [0.4, 0.5) is 5.00 Å². The van der Waals surface area contributed by atoms with Crippen LogP contribution in [0.1, 0.15) is 25.6 Å². The molecule has 1 aromatic heterocycles. The second-order valence-electron chi connectivity index (χ2n) is 4.15. The van der Waals surface area contributed by atoms with E-state index in [2.05, 4.69) is 5.32 Å². The molecule has 0 unspecified atom stereocenters. The third kappa shape index (κ3) is 2.97. The molecule has 0 atom stereocenters. The lowest BCUT2D eigenvalue weighted by molar-refractivity contribution is 0.100. The zero-order valence-corrected chi connectivity index (χ0v) is 11.9. The molecule has 0 saturated heterocycles. The number of thiophene rings is 1. The molecule has 20 heavy (non-hydrogen) atoms. The summed E-state index contributed by atoms with van der Waals surface area (Å²) >= 11 is 1.32. The predicted molar refractivity (Wildman–Crippen MR) is 78.5 cm³/mol. The van der Waals surface area contributed by atoms with Crippen LogP contribution in [0.2, 0.25) is 0 Å². The summed E-state index contributed by atoms with van der Waals surface area (Å²) in [6.07, 6.45) is 0. The largest absolute Gasteiger partial charge is 0.497 e. The maximum absolute atomic E-state index is 12.1. The first-order valence-electron chi connectivity index (χ1n) is 5.87. The lowest BCUT2D eigenvalue weighted by atomic mass is 10.2. The van der Waals surface area contributed by atoms with Crippen molar-refractivity contribution in [2.45, 2.75) is 6.92 Å². The number of carbonyl (C=O) groups excluding carboxylic acids is 2. The first-order valence-corrected chi connectivity index (χ1v) is 6.68. The van der Waals surface area contributed by atoms with E-state index in [1.807, 2.05) is 6.92 Å². The molecule has 0 spiro atoms. The zero-order valence-electron chi connectivity index (χ0n) is 11.1. The third-order valence-electron chi connectivity index (χ3n) is 2.70. The van der Waals surface area contributed by atoms with E-state index < -0.39 is 5.91 Å². The van der Waals surface area contributed by atoms with Crippen molar-refractivity contribution in [2.24, 2.45) is 5.73 Å². The van der Waals surface area contributed by atoms with Crippen molar-refractivity contribution in [3.63, 3.8) is 0 Å². The third-order valence-corrected chi connectivity index (χ3v) is 3.67. The van der Waals surface area contributed by atoms with Crippen molar-refractivity contribution in [3.05, 3.63) is 46.3 Å². The number of primary amides is 1. The van der Waals surface area contributed by atoms with E-state index in [0.29, 0.717) is 21.9 Å². The molecule has 0 radical (unpaired) electrons. The van der Waals surface area contributed by atoms with Gasteiger partial charge in [-0.3, -0.25) is 9.59 Å². The first-order chi connectivity index (χ1) is 9.51. The lowest BCUT2D eigenvalue weighted by Crippen LogP contribution is -2.16. The van der Waals surface area contributed by atoms with Gasteiger partial charge in [0.15, 0.2) is 0 Å². The molecule has 2 aromatic rings. The number of carbonyl (C=O) groups is 2. The highest BCUT2D eigenvalue weighted by Crippen LogP contribution is 2.27. The zero-order chi connectivity index (χ0) is 14.7. The summed E-state index contributed by atoms with van der Waals surface area (Å²) in [6.45, 7) is 1.85. The summed E-state index contributed by atoms with van der Waals surface area (Å²) in [5.41, 5.74) is 6.09. The maximum atomic E-state index is 12.1. The molecule has 2 amide bonds. The number of amides is 2. The molecule has 1 aromatic carbocycles. The van der Waals surface area contributed by atoms with Gasteiger partial charge in [-0.2, -0.15) is 0 Å². The van der Waals surface area contributed by atoms with E-state index in [4.69, 9.17) is 10.5 Å². The molecule has 104 valence electrons. The molecule has 2 rings (SSSR count). The molecular weight excluding hydrogens is 276 g/mol. The molecular formula is C14H14N2O3S. The Hall–Kier alpha value is -2.34. The summed E-state index contributed by atoms with van der Waals surface area (Å²) in [6, 6.07) is 8.36. The fraction of sp³-hybridized carbons (Fsp3) is 0.143. The van der Waals surface area contributed by atoms with Gasteiger partial charge in [0.2, 0.25) is 0 Å². The van der Waals surface area contributed by atoms with Gasteiger partial charge in [-0.1, -0.05) is 0 Å². The van der Waals surface area contributed by atoms with E-state index in [1.165, 1.54) is 11.3 Å². The monoisotopic (exact) mass is 290 g/mol. The van der Waals surface area contributed by atoms with Crippen LogP contribution in [0, 0.1) is 6.92 Å². The number of hydrogen-bond acceptors (Lipinski definition) is 4. The van der Waals surface area contributed by atoms with Gasteiger partial charge < -0.3 is 15.8 Å². The number of aryl methyl sites for hydroxylation is 1. The second kappa shape index (κ2) is 5.75. The van der Waals surface area contributed by atoms with Crippen molar-refractivity contribution >= 4 is 28.2 Å². The number of anilines is 1. The minimum absolute atomic E-state index is 0.294. The van der Waals surface area contributed by atoms with Gasteiger partial charge in [0.25, 0.3) is 11.8 Å². The van der Waals surface area contributed by atoms with Crippen LogP contribution in [-0.4, -0.2) is 18.9 Å². The van der Waals surface area contributed by atoms with Gasteiger partial charge in [0.1, 0.15) is 10.8 Å². The van der Waals surface area contributed by atoms with Crippen molar-refractivity contribution in [2.75, 3.05) is 12.4 Å². The van der Waals surface area contributed by atoms with Gasteiger partial charge in [-0.05, 0) is 37.3 Å². The smallest absolute Gasteiger partial charge is 0.256 e. The highest BCUT2D eigenvalue weighted by molar-refractivity contribution is 7.16. The molecule has 0 fully saturated rings. The van der Waals surface area contributed by atoms with Crippen LogP contribution >= 0.6 is 11.3 Å². The van der Waals surface area contributed by atoms with Crippen molar-refractivity contribution in [1.82, 2.24) is 0 Å². The molecule has 0 bridgehead atoms. The normalized spacial score (nSPS) is 10.1. The quantitative estimate of drug-likeness (QED) is 0.907. The number of nitrogens with one attached hydrogen (secondary N) is 1. The molecule has 5 nitrogen and oxygen atoms in total. The molecule has 0 aliphatic carbocycles. The van der Waals surface area contributed by atoms with Crippen LogP contribution < -0.4 is 15.8 Å². The minimum Gasteiger partial charge on any atom is -0.497 e. The molecule has 3 N–H and O–H groups in total. The van der Waals surface area contributed by atoms with Crippen molar-refractivity contribution < 1.29 is 14.3 Å².